The molecule has 1 saturated carbocycles. The number of rotatable bonds is 0. The van der Waals surface area contributed by atoms with E-state index in [-0.39, 0.29) is 0 Å². The summed E-state index contributed by atoms with van der Waals surface area (Å²) in [5.41, 5.74) is 12.3. The Balaban J connectivity index is 2.05. The lowest BCUT2D eigenvalue weighted by molar-refractivity contribution is 0.598. The molecule has 0 aromatic rings. The molecule has 1 atom stereocenters. The van der Waals surface area contributed by atoms with E-state index in [1.54, 1.807) is 16.7 Å². The third kappa shape index (κ3) is 0.993. The van der Waals surface area contributed by atoms with E-state index in [4.69, 9.17) is 5.73 Å². The molecule has 0 aromatic heterocycles. The van der Waals surface area contributed by atoms with Gasteiger partial charge in [0.2, 0.25) is 0 Å². The van der Waals surface area contributed by atoms with Gasteiger partial charge in [-0.15, -0.1) is 0 Å². The zero-order valence-electron chi connectivity index (χ0n) is 8.10. The summed E-state index contributed by atoms with van der Waals surface area (Å²) in [5, 5.41) is 0. The minimum Gasteiger partial charge on any atom is -0.399 e. The van der Waals surface area contributed by atoms with Crippen molar-refractivity contribution in [1.82, 2.24) is 0 Å². The molecule has 0 aromatic carbocycles. The van der Waals surface area contributed by atoms with Crippen molar-refractivity contribution in [3.63, 3.8) is 0 Å². The van der Waals surface area contributed by atoms with E-state index in [1.807, 2.05) is 0 Å². The Morgan fingerprint density at radius 2 is 2.00 bits per heavy atom. The van der Waals surface area contributed by atoms with Crippen molar-refractivity contribution in [2.75, 3.05) is 0 Å². The molecule has 0 saturated heterocycles. The van der Waals surface area contributed by atoms with Crippen LogP contribution >= 0.6 is 0 Å². The molecule has 0 bridgehead atoms. The summed E-state index contributed by atoms with van der Waals surface area (Å²) in [5.74, 6) is 0.844. The van der Waals surface area contributed by atoms with E-state index < -0.39 is 0 Å². The molecule has 1 unspecified atom stereocenters. The first kappa shape index (κ1) is 7.66. The number of fused-ring (bicyclic) bond motifs is 1. The Bertz CT molecular complexity index is 309. The summed E-state index contributed by atoms with van der Waals surface area (Å²) >= 11 is 0. The maximum absolute atomic E-state index is 6.23. The molecule has 0 heterocycles. The van der Waals surface area contributed by atoms with Gasteiger partial charge in [-0.05, 0) is 62.0 Å². The maximum Gasteiger partial charge on any atom is 0.0340 e. The standard InChI is InChI=1S/C12H17N/c13-12-10-5-1-3-8(10)7-9-4-2-6-11(9)12/h8H,1-7,13H2. The van der Waals surface area contributed by atoms with Crippen molar-refractivity contribution < 1.29 is 0 Å². The van der Waals surface area contributed by atoms with Crippen LogP contribution in [-0.4, -0.2) is 0 Å². The molecule has 1 nitrogen and oxygen atoms in total. The largest absolute Gasteiger partial charge is 0.399 e. The monoisotopic (exact) mass is 175 g/mol. The minimum absolute atomic E-state index is 0.844. The van der Waals surface area contributed by atoms with E-state index in [1.165, 1.54) is 50.6 Å². The zero-order chi connectivity index (χ0) is 8.84. The quantitative estimate of drug-likeness (QED) is 0.602. The number of hydrogen-bond donors (Lipinski definition) is 1. The van der Waals surface area contributed by atoms with Gasteiger partial charge in [0.05, 0.1) is 0 Å². The molecule has 3 rings (SSSR count). The van der Waals surface area contributed by atoms with E-state index in [0.29, 0.717) is 0 Å². The van der Waals surface area contributed by atoms with Crippen molar-refractivity contribution in [3.05, 3.63) is 22.4 Å². The fourth-order valence-electron chi connectivity index (χ4n) is 3.34. The Kier molecular flexibility index (Phi) is 1.55. The van der Waals surface area contributed by atoms with Crippen LogP contribution in [0.25, 0.3) is 0 Å². The lowest BCUT2D eigenvalue weighted by Gasteiger charge is -2.23. The van der Waals surface area contributed by atoms with Gasteiger partial charge in [0.1, 0.15) is 0 Å². The van der Waals surface area contributed by atoms with Gasteiger partial charge in [-0.2, -0.15) is 0 Å². The molecule has 70 valence electrons. The molecule has 0 amide bonds. The van der Waals surface area contributed by atoms with Gasteiger partial charge in [-0.3, -0.25) is 0 Å². The summed E-state index contributed by atoms with van der Waals surface area (Å²) in [7, 11) is 0. The van der Waals surface area contributed by atoms with Crippen LogP contribution < -0.4 is 5.73 Å². The summed E-state index contributed by atoms with van der Waals surface area (Å²) in [4.78, 5) is 0. The second-order valence-corrected chi connectivity index (χ2v) is 4.67. The van der Waals surface area contributed by atoms with Crippen LogP contribution in [0.4, 0.5) is 0 Å². The molecule has 3 aliphatic rings. The smallest absolute Gasteiger partial charge is 0.0340 e. The molecular weight excluding hydrogens is 158 g/mol. The van der Waals surface area contributed by atoms with Gasteiger partial charge < -0.3 is 5.73 Å². The van der Waals surface area contributed by atoms with Gasteiger partial charge in [0.15, 0.2) is 0 Å². The van der Waals surface area contributed by atoms with E-state index in [2.05, 4.69) is 0 Å². The first-order valence-electron chi connectivity index (χ1n) is 5.56. The van der Waals surface area contributed by atoms with Crippen LogP contribution in [0.5, 0.6) is 0 Å². The fourth-order valence-corrected chi connectivity index (χ4v) is 3.34. The van der Waals surface area contributed by atoms with Crippen molar-refractivity contribution >= 4 is 0 Å². The minimum atomic E-state index is 0.844. The Hall–Kier alpha value is -0.720. The van der Waals surface area contributed by atoms with Crippen LogP contribution in [0.2, 0.25) is 0 Å². The van der Waals surface area contributed by atoms with Gasteiger partial charge in [-0.25, -0.2) is 0 Å². The topological polar surface area (TPSA) is 26.0 Å². The number of nitrogens with two attached hydrogens (primary N) is 1. The lowest BCUT2D eigenvalue weighted by atomic mass is 9.84. The lowest BCUT2D eigenvalue weighted by Crippen LogP contribution is -2.14. The van der Waals surface area contributed by atoms with Crippen LogP contribution in [-0.2, 0) is 0 Å². The predicted molar refractivity (Wildman–Crippen MR) is 54.0 cm³/mol. The van der Waals surface area contributed by atoms with Crippen molar-refractivity contribution in [3.8, 4) is 0 Å². The van der Waals surface area contributed by atoms with Crippen LogP contribution in [0.1, 0.15) is 44.9 Å². The molecule has 13 heavy (non-hydrogen) atoms. The average molecular weight is 175 g/mol. The highest BCUT2D eigenvalue weighted by molar-refractivity contribution is 5.45. The molecular formula is C12H17N. The van der Waals surface area contributed by atoms with E-state index >= 15 is 0 Å². The number of allylic oxidation sites excluding steroid dienone is 3. The first-order chi connectivity index (χ1) is 6.36. The predicted octanol–water partition coefficient (Wildman–Crippen LogP) is 2.88. The van der Waals surface area contributed by atoms with Crippen molar-refractivity contribution in [2.45, 2.75) is 44.9 Å². The SMILES string of the molecule is NC1=C2CCCC2CC2=C1CCC2. The Morgan fingerprint density at radius 1 is 1.08 bits per heavy atom. The molecule has 0 aliphatic heterocycles. The Labute approximate surface area is 79.7 Å². The highest BCUT2D eigenvalue weighted by Gasteiger charge is 2.32. The van der Waals surface area contributed by atoms with Crippen molar-refractivity contribution in [1.29, 1.82) is 0 Å². The zero-order valence-corrected chi connectivity index (χ0v) is 8.10. The second kappa shape index (κ2) is 2.63. The Morgan fingerprint density at radius 3 is 2.92 bits per heavy atom. The third-order valence-corrected chi connectivity index (χ3v) is 3.99. The summed E-state index contributed by atoms with van der Waals surface area (Å²) < 4.78 is 0. The van der Waals surface area contributed by atoms with Crippen molar-refractivity contribution in [2.24, 2.45) is 11.7 Å². The maximum atomic E-state index is 6.23. The molecule has 0 radical (unpaired) electrons. The van der Waals surface area contributed by atoms with Gasteiger partial charge >= 0.3 is 0 Å². The summed E-state index contributed by atoms with van der Waals surface area (Å²) in [6, 6.07) is 0. The highest BCUT2D eigenvalue weighted by atomic mass is 14.6. The highest BCUT2D eigenvalue weighted by Crippen LogP contribution is 2.47. The van der Waals surface area contributed by atoms with Crippen LogP contribution in [0.3, 0.4) is 0 Å². The molecule has 1 heteroatoms. The molecule has 3 aliphatic carbocycles. The fraction of sp³-hybridized carbons (Fsp3) is 0.667. The number of hydrogen-bond acceptors (Lipinski definition) is 1. The van der Waals surface area contributed by atoms with Crippen LogP contribution in [0, 0.1) is 5.92 Å². The molecule has 1 fully saturated rings. The van der Waals surface area contributed by atoms with Crippen LogP contribution in [0.15, 0.2) is 22.4 Å². The molecule has 0 spiro atoms. The molecule has 2 N–H and O–H groups in total. The second-order valence-electron chi connectivity index (χ2n) is 4.67. The normalized spacial score (nSPS) is 32.5. The van der Waals surface area contributed by atoms with Gasteiger partial charge in [0, 0.05) is 5.70 Å². The van der Waals surface area contributed by atoms with Gasteiger partial charge in [-0.1, -0.05) is 5.57 Å². The summed E-state index contributed by atoms with van der Waals surface area (Å²) in [6.07, 6.45) is 9.36. The third-order valence-electron chi connectivity index (χ3n) is 3.99. The first-order valence-corrected chi connectivity index (χ1v) is 5.56. The summed E-state index contributed by atoms with van der Waals surface area (Å²) in [6.45, 7) is 0. The average Bonchev–Trinajstić information content (AvgIpc) is 2.71. The van der Waals surface area contributed by atoms with E-state index in [9.17, 15) is 0 Å². The van der Waals surface area contributed by atoms with E-state index in [0.717, 1.165) is 5.92 Å². The van der Waals surface area contributed by atoms with Gasteiger partial charge in [0.25, 0.3) is 0 Å².